The van der Waals surface area contributed by atoms with E-state index in [2.05, 4.69) is 5.10 Å². The van der Waals surface area contributed by atoms with Gasteiger partial charge in [0.2, 0.25) is 0 Å². The van der Waals surface area contributed by atoms with Crippen LogP contribution in [0.2, 0.25) is 0 Å². The second-order valence-corrected chi connectivity index (χ2v) is 10.7. The van der Waals surface area contributed by atoms with Crippen molar-refractivity contribution in [2.24, 2.45) is 0 Å². The second kappa shape index (κ2) is 9.99. The first kappa shape index (κ1) is 27.3. The maximum Gasteiger partial charge on any atom is 0.435 e. The highest BCUT2D eigenvalue weighted by molar-refractivity contribution is 5.78. The molecule has 0 N–H and O–H groups in total. The molecule has 1 aromatic heterocycles. The van der Waals surface area contributed by atoms with Crippen molar-refractivity contribution in [2.75, 3.05) is 13.1 Å². The summed E-state index contributed by atoms with van der Waals surface area (Å²) in [7, 11) is 0. The molecule has 36 heavy (non-hydrogen) atoms. The quantitative estimate of drug-likeness (QED) is 0.449. The summed E-state index contributed by atoms with van der Waals surface area (Å²) < 4.78 is 52.1. The van der Waals surface area contributed by atoms with Gasteiger partial charge in [-0.25, -0.2) is 9.59 Å². The highest BCUT2D eigenvalue weighted by Crippen LogP contribution is 2.35. The zero-order valence-corrected chi connectivity index (χ0v) is 21.4. The molecule has 0 saturated carbocycles. The molecule has 10 heteroatoms. The van der Waals surface area contributed by atoms with Gasteiger partial charge in [-0.3, -0.25) is 0 Å². The number of carbonyl (C=O) groups excluding carboxylic acids is 2. The van der Waals surface area contributed by atoms with Crippen molar-refractivity contribution < 1.29 is 32.2 Å². The number of hydrogen-bond acceptors (Lipinski definition) is 5. The van der Waals surface area contributed by atoms with E-state index < -0.39 is 29.0 Å². The number of rotatable bonds is 2. The summed E-state index contributed by atoms with van der Waals surface area (Å²) in [6, 6.07) is 3.50. The fourth-order valence-electron chi connectivity index (χ4n) is 3.65. The van der Waals surface area contributed by atoms with Gasteiger partial charge in [0.25, 0.3) is 0 Å². The minimum absolute atomic E-state index is 0.293. The van der Waals surface area contributed by atoms with Crippen molar-refractivity contribution >= 4 is 18.3 Å². The van der Waals surface area contributed by atoms with E-state index in [1.165, 1.54) is 18.5 Å². The number of benzene rings is 1. The second-order valence-electron chi connectivity index (χ2n) is 10.7. The molecule has 1 aliphatic heterocycles. The smallest absolute Gasteiger partial charge is 0.435 e. The molecule has 7 nitrogen and oxygen atoms in total. The van der Waals surface area contributed by atoms with E-state index in [1.807, 2.05) is 6.08 Å². The average molecular weight is 508 g/mol. The molecule has 1 saturated heterocycles. The summed E-state index contributed by atoms with van der Waals surface area (Å²) in [6.07, 6.45) is 0.0331. The molecule has 0 aliphatic carbocycles. The summed E-state index contributed by atoms with van der Waals surface area (Å²) in [5.41, 5.74) is 0.0637. The van der Waals surface area contributed by atoms with Crippen LogP contribution in [0.5, 0.6) is 0 Å². The van der Waals surface area contributed by atoms with E-state index in [1.54, 1.807) is 46.4 Å². The third-order valence-electron chi connectivity index (χ3n) is 5.27. The number of aromatic nitrogens is 2. The van der Waals surface area contributed by atoms with Crippen LogP contribution in [0, 0.1) is 0 Å². The minimum atomic E-state index is -4.53. The van der Waals surface area contributed by atoms with Gasteiger partial charge < -0.3 is 14.4 Å². The van der Waals surface area contributed by atoms with E-state index in [4.69, 9.17) is 9.47 Å². The minimum Gasteiger partial charge on any atom is -0.444 e. The largest absolute Gasteiger partial charge is 0.444 e. The van der Waals surface area contributed by atoms with Gasteiger partial charge in [-0.2, -0.15) is 23.0 Å². The fraction of sp³-hybridized carbons (Fsp3) is 0.500. The summed E-state index contributed by atoms with van der Waals surface area (Å²) in [4.78, 5) is 26.3. The zero-order valence-electron chi connectivity index (χ0n) is 21.4. The van der Waals surface area contributed by atoms with E-state index >= 15 is 0 Å². The molecule has 3 rings (SSSR count). The van der Waals surface area contributed by atoms with E-state index in [-0.39, 0.29) is 6.09 Å². The Balaban J connectivity index is 1.88. The van der Waals surface area contributed by atoms with Crippen LogP contribution in [0.4, 0.5) is 22.8 Å². The lowest BCUT2D eigenvalue weighted by molar-refractivity contribution is -0.137. The zero-order chi connectivity index (χ0) is 26.9. The molecule has 0 unspecified atom stereocenters. The Morgan fingerprint density at radius 3 is 2.08 bits per heavy atom. The first-order chi connectivity index (χ1) is 16.5. The van der Waals surface area contributed by atoms with Crippen LogP contribution in [-0.4, -0.2) is 51.2 Å². The number of piperidine rings is 1. The maximum absolute atomic E-state index is 13.5. The first-order valence-corrected chi connectivity index (χ1v) is 11.7. The number of amides is 1. The van der Waals surface area contributed by atoms with Crippen LogP contribution in [0.15, 0.2) is 36.2 Å². The van der Waals surface area contributed by atoms with Gasteiger partial charge in [-0.1, -0.05) is 17.7 Å². The molecule has 0 bridgehead atoms. The lowest BCUT2D eigenvalue weighted by atomic mass is 9.95. The van der Waals surface area contributed by atoms with Gasteiger partial charge in [0.05, 0.1) is 11.8 Å². The predicted octanol–water partition coefficient (Wildman–Crippen LogP) is 6.77. The van der Waals surface area contributed by atoms with Gasteiger partial charge in [0, 0.05) is 24.8 Å². The molecule has 1 aromatic carbocycles. The number of hydrogen-bond donors (Lipinski definition) is 0. The topological polar surface area (TPSA) is 73.7 Å². The highest BCUT2D eigenvalue weighted by atomic mass is 19.4. The third kappa shape index (κ3) is 7.35. The van der Waals surface area contributed by atoms with Crippen molar-refractivity contribution in [3.05, 3.63) is 47.3 Å². The van der Waals surface area contributed by atoms with Crippen molar-refractivity contribution in [1.82, 2.24) is 14.7 Å². The molecular weight excluding hydrogens is 475 g/mol. The van der Waals surface area contributed by atoms with Gasteiger partial charge in [0.1, 0.15) is 11.2 Å². The summed E-state index contributed by atoms with van der Waals surface area (Å²) in [5.74, 6) is 0. The fourth-order valence-corrected chi connectivity index (χ4v) is 3.65. The molecule has 0 atom stereocenters. The normalized spacial score (nSPS) is 15.0. The van der Waals surface area contributed by atoms with Crippen molar-refractivity contribution in [3.8, 4) is 11.1 Å². The van der Waals surface area contributed by atoms with Crippen LogP contribution < -0.4 is 0 Å². The Hall–Kier alpha value is -3.30. The number of carbonyl (C=O) groups is 2. The van der Waals surface area contributed by atoms with Gasteiger partial charge in [-0.15, -0.1) is 0 Å². The van der Waals surface area contributed by atoms with Gasteiger partial charge >= 0.3 is 18.4 Å². The number of likely N-dealkylation sites (tertiary alicyclic amines) is 1. The summed E-state index contributed by atoms with van der Waals surface area (Å²) >= 11 is 0. The number of nitrogens with zero attached hydrogens (tertiary/aromatic N) is 3. The van der Waals surface area contributed by atoms with Gasteiger partial charge in [-0.05, 0) is 77.6 Å². The first-order valence-electron chi connectivity index (χ1n) is 11.7. The molecule has 2 heterocycles. The standard InChI is InChI=1S/C26H32F3N3O4/c1-24(2,3)35-22(33)31-11-9-17(10-12-31)13-18-7-8-20(26(27,28)29)14-21(18)19-15-30-32(16-19)23(34)36-25(4,5)6/h7-8,13-16H,9-12H2,1-6H3. The molecule has 1 fully saturated rings. The van der Waals surface area contributed by atoms with Crippen LogP contribution in [0.1, 0.15) is 65.5 Å². The Labute approximate surface area is 208 Å². The Bertz CT molecular complexity index is 1140. The SMILES string of the molecule is CC(C)(C)OC(=O)N1CCC(=Cc2ccc(C(F)(F)F)cc2-c2cnn(C(=O)OC(C)(C)C)c2)CC1. The average Bonchev–Trinajstić information content (AvgIpc) is 3.21. The maximum atomic E-state index is 13.5. The van der Waals surface area contributed by atoms with E-state index in [0.29, 0.717) is 42.6 Å². The van der Waals surface area contributed by atoms with Gasteiger partial charge in [0.15, 0.2) is 0 Å². The van der Waals surface area contributed by atoms with Crippen LogP contribution in [0.25, 0.3) is 17.2 Å². The number of halogens is 3. The highest BCUT2D eigenvalue weighted by Gasteiger charge is 2.31. The molecule has 196 valence electrons. The Kier molecular flexibility index (Phi) is 7.57. The Morgan fingerprint density at radius 1 is 0.944 bits per heavy atom. The van der Waals surface area contributed by atoms with Crippen molar-refractivity contribution in [1.29, 1.82) is 0 Å². The predicted molar refractivity (Wildman–Crippen MR) is 129 cm³/mol. The van der Waals surface area contributed by atoms with Crippen molar-refractivity contribution in [3.63, 3.8) is 0 Å². The van der Waals surface area contributed by atoms with E-state index in [9.17, 15) is 22.8 Å². The summed E-state index contributed by atoms with van der Waals surface area (Å²) in [6.45, 7) is 11.4. The van der Waals surface area contributed by atoms with Crippen LogP contribution in [-0.2, 0) is 15.7 Å². The van der Waals surface area contributed by atoms with E-state index in [0.717, 1.165) is 22.4 Å². The molecular formula is C26H32F3N3O4. The van der Waals surface area contributed by atoms with Crippen molar-refractivity contribution in [2.45, 2.75) is 71.8 Å². The third-order valence-corrected chi connectivity index (χ3v) is 5.27. The lowest BCUT2D eigenvalue weighted by Gasteiger charge is -2.31. The molecule has 1 aliphatic rings. The number of ether oxygens (including phenoxy) is 2. The summed E-state index contributed by atoms with van der Waals surface area (Å²) in [5, 5.41) is 4.00. The molecule has 0 radical (unpaired) electrons. The lowest BCUT2D eigenvalue weighted by Crippen LogP contribution is -2.40. The van der Waals surface area contributed by atoms with Crippen LogP contribution in [0.3, 0.4) is 0 Å². The Morgan fingerprint density at radius 2 is 1.53 bits per heavy atom. The molecule has 1 amide bonds. The monoisotopic (exact) mass is 507 g/mol. The number of alkyl halides is 3. The van der Waals surface area contributed by atoms with Crippen LogP contribution >= 0.6 is 0 Å². The molecule has 2 aromatic rings. The molecule has 0 spiro atoms.